The van der Waals surface area contributed by atoms with Crippen molar-refractivity contribution in [1.82, 2.24) is 15.0 Å². The number of nitrogens with zero attached hydrogens (tertiary/aromatic N) is 3. The molecule has 0 saturated carbocycles. The molecule has 1 aliphatic heterocycles. The molecule has 11 aromatic carbocycles. The van der Waals surface area contributed by atoms with Crippen LogP contribution in [0.25, 0.3) is 88.7 Å². The molecule has 5 nitrogen and oxygen atoms in total. The van der Waals surface area contributed by atoms with E-state index in [4.69, 9.17) is 24.4 Å². The molecule has 14 rings (SSSR count). The summed E-state index contributed by atoms with van der Waals surface area (Å²) < 4.78 is 13.8. The zero-order valence-corrected chi connectivity index (χ0v) is 37.2. The number of aromatic nitrogens is 3. The van der Waals surface area contributed by atoms with Gasteiger partial charge in [0.2, 0.25) is 0 Å². The molecule has 2 aliphatic rings. The second-order valence-electron chi connectivity index (χ2n) is 17.8. The molecule has 0 spiro atoms. The Labute approximate surface area is 398 Å². The monoisotopic (exact) mass is 881 g/mol. The molecule has 0 radical (unpaired) electrons. The predicted octanol–water partition coefficient (Wildman–Crippen LogP) is 16.3. The lowest BCUT2D eigenvalue weighted by Crippen LogP contribution is -2.28. The largest absolute Gasteiger partial charge is 0.449 e. The molecule has 0 unspecified atom stereocenters. The van der Waals surface area contributed by atoms with E-state index in [1.165, 1.54) is 49.2 Å². The van der Waals surface area contributed by atoms with Gasteiger partial charge in [0.15, 0.2) is 40.5 Å². The Bertz CT molecular complexity index is 3950. The summed E-state index contributed by atoms with van der Waals surface area (Å²) in [5, 5.41) is 7.25. The van der Waals surface area contributed by atoms with Crippen LogP contribution in [-0.2, 0) is 5.41 Å². The summed E-state index contributed by atoms with van der Waals surface area (Å²) in [6, 6.07) is 83.1. The van der Waals surface area contributed by atoms with Crippen LogP contribution < -0.4 is 9.47 Å². The first-order chi connectivity index (χ1) is 34.2. The van der Waals surface area contributed by atoms with Crippen molar-refractivity contribution in [1.29, 1.82) is 0 Å². The lowest BCUT2D eigenvalue weighted by molar-refractivity contribution is 0.360. The van der Waals surface area contributed by atoms with Gasteiger partial charge in [-0.15, -0.1) is 0 Å². The van der Waals surface area contributed by atoms with Gasteiger partial charge in [0.05, 0.1) is 5.41 Å². The molecular formula is C64H39N3O2. The van der Waals surface area contributed by atoms with E-state index >= 15 is 0 Å². The maximum absolute atomic E-state index is 6.96. The topological polar surface area (TPSA) is 57.1 Å². The van der Waals surface area contributed by atoms with E-state index in [1.807, 2.05) is 36.4 Å². The highest BCUT2D eigenvalue weighted by molar-refractivity contribution is 6.25. The fourth-order valence-corrected chi connectivity index (χ4v) is 11.0. The van der Waals surface area contributed by atoms with Crippen LogP contribution in [0.5, 0.6) is 23.0 Å². The van der Waals surface area contributed by atoms with Crippen LogP contribution in [0.2, 0.25) is 0 Å². The van der Waals surface area contributed by atoms with Gasteiger partial charge in [-0.2, -0.15) is 0 Å². The zero-order valence-electron chi connectivity index (χ0n) is 37.2. The van der Waals surface area contributed by atoms with Crippen LogP contribution in [0.15, 0.2) is 237 Å². The average molecular weight is 882 g/mol. The van der Waals surface area contributed by atoms with Gasteiger partial charge in [0.1, 0.15) is 0 Å². The molecule has 0 saturated heterocycles. The average Bonchev–Trinajstić information content (AvgIpc) is 3.74. The minimum atomic E-state index is -0.539. The quantitative estimate of drug-likeness (QED) is 0.156. The highest BCUT2D eigenvalue weighted by Gasteiger charge is 2.48. The van der Waals surface area contributed by atoms with E-state index in [1.54, 1.807) is 0 Å². The molecule has 1 aromatic heterocycles. The molecule has 2 heterocycles. The van der Waals surface area contributed by atoms with Gasteiger partial charge in [0, 0.05) is 22.3 Å². The van der Waals surface area contributed by atoms with E-state index in [-0.39, 0.29) is 0 Å². The van der Waals surface area contributed by atoms with Crippen molar-refractivity contribution in [2.45, 2.75) is 5.41 Å². The number of fused-ring (bicyclic) bond motifs is 12. The molecule has 0 bridgehead atoms. The summed E-state index contributed by atoms with van der Waals surface area (Å²) in [6.45, 7) is 0. The minimum Gasteiger partial charge on any atom is -0.449 e. The third kappa shape index (κ3) is 6.07. The van der Waals surface area contributed by atoms with Crippen LogP contribution in [0.3, 0.4) is 0 Å². The van der Waals surface area contributed by atoms with Gasteiger partial charge in [-0.3, -0.25) is 0 Å². The normalized spacial score (nSPS) is 13.0. The minimum absolute atomic E-state index is 0.539. The Morgan fingerprint density at radius 2 is 0.783 bits per heavy atom. The van der Waals surface area contributed by atoms with E-state index in [0.717, 1.165) is 50.1 Å². The summed E-state index contributed by atoms with van der Waals surface area (Å²) in [4.78, 5) is 15.4. The fraction of sp³-hybridized carbons (Fsp3) is 0.0156. The number of hydrogen-bond acceptors (Lipinski definition) is 5. The van der Waals surface area contributed by atoms with Gasteiger partial charge in [-0.25, -0.2) is 15.0 Å². The molecule has 322 valence electrons. The first kappa shape index (κ1) is 39.0. The lowest BCUT2D eigenvalue weighted by Gasteiger charge is -2.34. The van der Waals surface area contributed by atoms with Crippen molar-refractivity contribution in [3.63, 3.8) is 0 Å². The Hall–Kier alpha value is -9.19. The Balaban J connectivity index is 0.851. The molecule has 0 fully saturated rings. The Morgan fingerprint density at radius 1 is 0.290 bits per heavy atom. The SMILES string of the molecule is c1ccc(-c2nc(-c3cccc(-c4ccc5c(c4)Oc4ccc6c(c4O5)-c4ccccc4C6(c4ccccc4)c4ccccc4)c3)nc(-c3ccc4c5ccccc5c5ccccc5c4c3)n2)cc1. The van der Waals surface area contributed by atoms with Gasteiger partial charge >= 0.3 is 0 Å². The molecular weight excluding hydrogens is 843 g/mol. The predicted molar refractivity (Wildman–Crippen MR) is 278 cm³/mol. The number of benzene rings is 11. The number of hydrogen-bond donors (Lipinski definition) is 0. The molecule has 69 heavy (non-hydrogen) atoms. The van der Waals surface area contributed by atoms with Crippen molar-refractivity contribution in [3.05, 3.63) is 259 Å². The number of rotatable bonds is 6. The zero-order chi connectivity index (χ0) is 45.5. The van der Waals surface area contributed by atoms with Crippen LogP contribution in [0.1, 0.15) is 22.3 Å². The van der Waals surface area contributed by atoms with E-state index < -0.39 is 5.41 Å². The molecule has 0 atom stereocenters. The van der Waals surface area contributed by atoms with Gasteiger partial charge in [-0.1, -0.05) is 206 Å². The third-order valence-corrected chi connectivity index (χ3v) is 14.0. The van der Waals surface area contributed by atoms with Gasteiger partial charge in [-0.05, 0) is 102 Å². The second kappa shape index (κ2) is 15.4. The fourth-order valence-electron chi connectivity index (χ4n) is 11.0. The molecule has 12 aromatic rings. The van der Waals surface area contributed by atoms with E-state index in [0.29, 0.717) is 34.7 Å². The third-order valence-electron chi connectivity index (χ3n) is 14.0. The summed E-state index contributed by atoms with van der Waals surface area (Å²) in [5.41, 5.74) is 11.1. The first-order valence-electron chi connectivity index (χ1n) is 23.3. The number of ether oxygens (including phenoxy) is 2. The Morgan fingerprint density at radius 3 is 1.46 bits per heavy atom. The van der Waals surface area contributed by atoms with E-state index in [9.17, 15) is 0 Å². The molecule has 0 N–H and O–H groups in total. The molecule has 1 aliphatic carbocycles. The first-order valence-corrected chi connectivity index (χ1v) is 23.3. The van der Waals surface area contributed by atoms with Crippen molar-refractivity contribution in [3.8, 4) is 79.4 Å². The van der Waals surface area contributed by atoms with Crippen molar-refractivity contribution in [2.24, 2.45) is 0 Å². The van der Waals surface area contributed by atoms with E-state index in [2.05, 4.69) is 200 Å². The molecule has 0 amide bonds. The standard InChI is InChI=1S/C64H39N3O2/c1-4-17-40(18-5-1)61-65-62(67-63(66-61)44-31-33-51-49-27-11-10-25-47(49)48-26-12-13-28-50(48)53(51)38-44)43-20-16-19-41(37-43)42-32-35-56-58(39-42)68-57-36-34-55-59(60(57)69-56)52-29-14-15-30-54(52)64(55,45-21-6-2-7-22-45)46-23-8-3-9-24-46/h1-39H. The Kier molecular flexibility index (Phi) is 8.73. The maximum atomic E-state index is 6.96. The van der Waals surface area contributed by atoms with Crippen LogP contribution >= 0.6 is 0 Å². The van der Waals surface area contributed by atoms with Crippen LogP contribution in [0, 0.1) is 0 Å². The van der Waals surface area contributed by atoms with Crippen LogP contribution in [0.4, 0.5) is 0 Å². The highest BCUT2D eigenvalue weighted by Crippen LogP contribution is 2.62. The van der Waals surface area contributed by atoms with Gasteiger partial charge < -0.3 is 9.47 Å². The van der Waals surface area contributed by atoms with Crippen molar-refractivity contribution >= 4 is 32.3 Å². The molecule has 5 heteroatoms. The van der Waals surface area contributed by atoms with Gasteiger partial charge in [0.25, 0.3) is 0 Å². The van der Waals surface area contributed by atoms with Crippen LogP contribution in [-0.4, -0.2) is 15.0 Å². The summed E-state index contributed by atoms with van der Waals surface area (Å²) >= 11 is 0. The van der Waals surface area contributed by atoms with Crippen molar-refractivity contribution in [2.75, 3.05) is 0 Å². The summed E-state index contributed by atoms with van der Waals surface area (Å²) in [7, 11) is 0. The summed E-state index contributed by atoms with van der Waals surface area (Å²) in [6.07, 6.45) is 0. The smallest absolute Gasteiger partial charge is 0.178 e. The highest BCUT2D eigenvalue weighted by atomic mass is 16.6. The second-order valence-corrected chi connectivity index (χ2v) is 17.8. The summed E-state index contributed by atoms with van der Waals surface area (Å²) in [5.74, 6) is 4.53. The maximum Gasteiger partial charge on any atom is 0.178 e. The lowest BCUT2D eigenvalue weighted by atomic mass is 9.68. The van der Waals surface area contributed by atoms with Crippen molar-refractivity contribution < 1.29 is 9.47 Å².